The predicted octanol–water partition coefficient (Wildman–Crippen LogP) is 2.65. The maximum atomic E-state index is 9.04. The summed E-state index contributed by atoms with van der Waals surface area (Å²) in [6, 6.07) is 0. The Morgan fingerprint density at radius 2 is 2.25 bits per heavy atom. The third kappa shape index (κ3) is 2.09. The fourth-order valence-corrected chi connectivity index (χ4v) is 3.24. The van der Waals surface area contributed by atoms with Gasteiger partial charge in [-0.25, -0.2) is 4.98 Å². The van der Waals surface area contributed by atoms with Crippen LogP contribution in [0.1, 0.15) is 38.0 Å². The monoisotopic (exact) mass is 240 g/mol. The van der Waals surface area contributed by atoms with Crippen molar-refractivity contribution in [3.05, 3.63) is 11.1 Å². The van der Waals surface area contributed by atoms with Gasteiger partial charge in [-0.3, -0.25) is 0 Å². The number of hydrogen-bond donors (Lipinski definition) is 1. The van der Waals surface area contributed by atoms with Crippen LogP contribution in [0.15, 0.2) is 6.20 Å². The molecular weight excluding hydrogens is 220 g/mol. The van der Waals surface area contributed by atoms with Crippen LogP contribution < -0.4 is 4.90 Å². The lowest BCUT2D eigenvalue weighted by Gasteiger charge is -2.26. The molecule has 0 radical (unpaired) electrons. The van der Waals surface area contributed by atoms with E-state index in [4.69, 9.17) is 5.11 Å². The maximum absolute atomic E-state index is 9.04. The van der Waals surface area contributed by atoms with E-state index in [0.717, 1.165) is 23.1 Å². The van der Waals surface area contributed by atoms with Crippen molar-refractivity contribution in [2.75, 3.05) is 18.0 Å². The lowest BCUT2D eigenvalue weighted by atomic mass is 9.82. The molecule has 0 amide bonds. The van der Waals surface area contributed by atoms with Gasteiger partial charge in [-0.15, -0.1) is 0 Å². The van der Waals surface area contributed by atoms with Crippen LogP contribution in [0.25, 0.3) is 0 Å². The van der Waals surface area contributed by atoms with Gasteiger partial charge in [-0.1, -0.05) is 25.2 Å². The van der Waals surface area contributed by atoms with Crippen molar-refractivity contribution < 1.29 is 5.11 Å². The smallest absolute Gasteiger partial charge is 0.185 e. The summed E-state index contributed by atoms with van der Waals surface area (Å²) in [4.78, 5) is 7.72. The van der Waals surface area contributed by atoms with Crippen LogP contribution >= 0.6 is 11.3 Å². The third-order valence-corrected chi connectivity index (χ3v) is 4.95. The van der Waals surface area contributed by atoms with Crippen molar-refractivity contribution in [2.24, 2.45) is 5.41 Å². The van der Waals surface area contributed by atoms with Crippen molar-refractivity contribution in [2.45, 2.75) is 39.7 Å². The SMILES string of the molecule is CCC1(CC)CCN(c2ncc(CO)s2)C1. The first-order valence-electron chi connectivity index (χ1n) is 6.03. The highest BCUT2D eigenvalue weighted by molar-refractivity contribution is 7.15. The molecule has 1 fully saturated rings. The largest absolute Gasteiger partial charge is 0.391 e. The molecule has 0 aromatic carbocycles. The normalized spacial score (nSPS) is 19.3. The second-order valence-corrected chi connectivity index (χ2v) is 5.74. The number of aliphatic hydroxyl groups excluding tert-OH is 1. The number of aromatic nitrogens is 1. The average Bonchev–Trinajstić information content (AvgIpc) is 2.96. The first-order valence-corrected chi connectivity index (χ1v) is 6.85. The van der Waals surface area contributed by atoms with Crippen LogP contribution in [-0.4, -0.2) is 23.2 Å². The van der Waals surface area contributed by atoms with Gasteiger partial charge in [0.15, 0.2) is 5.13 Å². The molecule has 1 aromatic rings. The van der Waals surface area contributed by atoms with E-state index in [2.05, 4.69) is 23.7 Å². The highest BCUT2D eigenvalue weighted by Gasteiger charge is 2.35. The van der Waals surface area contributed by atoms with Crippen LogP contribution in [0.4, 0.5) is 5.13 Å². The third-order valence-electron chi connectivity index (χ3n) is 3.91. The Morgan fingerprint density at radius 1 is 1.50 bits per heavy atom. The minimum absolute atomic E-state index is 0.109. The molecule has 16 heavy (non-hydrogen) atoms. The van der Waals surface area contributed by atoms with Gasteiger partial charge < -0.3 is 10.0 Å². The average molecular weight is 240 g/mol. The topological polar surface area (TPSA) is 36.4 Å². The number of anilines is 1. The summed E-state index contributed by atoms with van der Waals surface area (Å²) in [7, 11) is 0. The summed E-state index contributed by atoms with van der Waals surface area (Å²) < 4.78 is 0. The molecule has 1 aliphatic heterocycles. The Balaban J connectivity index is 2.08. The number of thiazole rings is 1. The molecule has 1 N–H and O–H groups in total. The molecule has 2 rings (SSSR count). The molecule has 3 nitrogen and oxygen atoms in total. The second kappa shape index (κ2) is 4.72. The van der Waals surface area contributed by atoms with Gasteiger partial charge in [0, 0.05) is 19.3 Å². The minimum atomic E-state index is 0.109. The molecule has 0 saturated carbocycles. The molecule has 90 valence electrons. The highest BCUT2D eigenvalue weighted by atomic mass is 32.1. The van der Waals surface area contributed by atoms with Gasteiger partial charge in [0.05, 0.1) is 11.5 Å². The molecule has 1 aliphatic rings. The van der Waals surface area contributed by atoms with Crippen LogP contribution in [0, 0.1) is 5.41 Å². The van der Waals surface area contributed by atoms with Gasteiger partial charge in [-0.05, 0) is 24.7 Å². The van der Waals surface area contributed by atoms with Gasteiger partial charge in [0.1, 0.15) is 0 Å². The maximum Gasteiger partial charge on any atom is 0.185 e. The Morgan fingerprint density at radius 3 is 2.75 bits per heavy atom. The summed E-state index contributed by atoms with van der Waals surface area (Å²) in [5, 5.41) is 10.1. The summed E-state index contributed by atoms with van der Waals surface area (Å²) in [6.07, 6.45) is 5.56. The van der Waals surface area contributed by atoms with Crippen LogP contribution in [0.3, 0.4) is 0 Å². The van der Waals surface area contributed by atoms with E-state index in [1.165, 1.54) is 19.3 Å². The van der Waals surface area contributed by atoms with E-state index in [9.17, 15) is 0 Å². The zero-order valence-corrected chi connectivity index (χ0v) is 10.9. The molecule has 0 unspecified atom stereocenters. The van der Waals surface area contributed by atoms with Gasteiger partial charge in [-0.2, -0.15) is 0 Å². The quantitative estimate of drug-likeness (QED) is 0.879. The predicted molar refractivity (Wildman–Crippen MR) is 67.9 cm³/mol. The van der Waals surface area contributed by atoms with Gasteiger partial charge >= 0.3 is 0 Å². The van der Waals surface area contributed by atoms with Gasteiger partial charge in [0.25, 0.3) is 0 Å². The Hall–Kier alpha value is -0.610. The van der Waals surface area contributed by atoms with Crippen LogP contribution in [-0.2, 0) is 6.61 Å². The van der Waals surface area contributed by atoms with E-state index in [1.54, 1.807) is 17.5 Å². The minimum Gasteiger partial charge on any atom is -0.391 e. The fourth-order valence-electron chi connectivity index (χ4n) is 2.44. The molecule has 1 aromatic heterocycles. The molecule has 1 saturated heterocycles. The number of rotatable bonds is 4. The number of aliphatic hydroxyl groups is 1. The first kappa shape index (κ1) is 11.9. The van der Waals surface area contributed by atoms with E-state index in [0.29, 0.717) is 5.41 Å². The van der Waals surface area contributed by atoms with E-state index < -0.39 is 0 Å². The lowest BCUT2D eigenvalue weighted by molar-refractivity contribution is 0.285. The van der Waals surface area contributed by atoms with Crippen molar-refractivity contribution >= 4 is 16.5 Å². The van der Waals surface area contributed by atoms with E-state index in [-0.39, 0.29) is 6.61 Å². The zero-order valence-electron chi connectivity index (χ0n) is 10.1. The fraction of sp³-hybridized carbons (Fsp3) is 0.750. The standard InChI is InChI=1S/C12H20N2OS/c1-3-12(4-2)5-6-14(9-12)11-13-7-10(8-15)16-11/h7,15H,3-6,8-9H2,1-2H3. The summed E-state index contributed by atoms with van der Waals surface area (Å²) in [5.74, 6) is 0. The highest BCUT2D eigenvalue weighted by Crippen LogP contribution is 2.39. The molecule has 4 heteroatoms. The van der Waals surface area contributed by atoms with E-state index in [1.807, 2.05) is 0 Å². The van der Waals surface area contributed by atoms with Crippen molar-refractivity contribution in [3.63, 3.8) is 0 Å². The molecule has 0 spiro atoms. The van der Waals surface area contributed by atoms with Crippen molar-refractivity contribution in [1.82, 2.24) is 4.98 Å². The second-order valence-electron chi connectivity index (χ2n) is 4.65. The van der Waals surface area contributed by atoms with Crippen molar-refractivity contribution in [1.29, 1.82) is 0 Å². The lowest BCUT2D eigenvalue weighted by Crippen LogP contribution is -2.25. The summed E-state index contributed by atoms with van der Waals surface area (Å²) in [5.41, 5.74) is 0.491. The number of hydrogen-bond acceptors (Lipinski definition) is 4. The molecule has 0 atom stereocenters. The molecular formula is C12H20N2OS. The van der Waals surface area contributed by atoms with Crippen molar-refractivity contribution in [3.8, 4) is 0 Å². The summed E-state index contributed by atoms with van der Waals surface area (Å²) in [6.45, 7) is 6.92. The Kier molecular flexibility index (Phi) is 3.50. The Bertz CT molecular complexity index is 347. The zero-order chi connectivity index (χ0) is 11.6. The summed E-state index contributed by atoms with van der Waals surface area (Å²) >= 11 is 1.62. The Labute approximate surface area is 101 Å². The molecule has 2 heterocycles. The van der Waals surface area contributed by atoms with Crippen LogP contribution in [0.5, 0.6) is 0 Å². The molecule has 0 aliphatic carbocycles. The van der Waals surface area contributed by atoms with E-state index >= 15 is 0 Å². The number of nitrogens with zero attached hydrogens (tertiary/aromatic N) is 2. The van der Waals surface area contributed by atoms with Gasteiger partial charge in [0.2, 0.25) is 0 Å². The first-order chi connectivity index (χ1) is 7.73. The molecule has 0 bridgehead atoms. The van der Waals surface area contributed by atoms with Crippen LogP contribution in [0.2, 0.25) is 0 Å².